The number of ketones is 1. The van der Waals surface area contributed by atoms with Gasteiger partial charge in [0.2, 0.25) is 5.91 Å². The highest BCUT2D eigenvalue weighted by molar-refractivity contribution is 6.10. The molecule has 3 rings (SSSR count). The molecular formula is C25H20F3NO5. The fourth-order valence-electron chi connectivity index (χ4n) is 2.97. The van der Waals surface area contributed by atoms with Crippen molar-refractivity contribution in [1.82, 2.24) is 0 Å². The number of nitrogens with one attached hydrogen (secondary N) is 1. The number of anilines is 1. The van der Waals surface area contributed by atoms with Gasteiger partial charge in [-0.25, -0.2) is 0 Å². The standard InChI is InChI=1S/C25H20F3NO5/c1-16(30)29-19-10-5-17(6-11-19)9-14-22(32)24-21(31)3-2-4-23(24)33-15-18-7-12-20(13-8-18)34-25(26,27)28/h2-14,31H,15H2,1H3,(H,29,30)/b14-9+. The van der Waals surface area contributed by atoms with Crippen LogP contribution < -0.4 is 14.8 Å². The number of ether oxygens (including phenoxy) is 2. The van der Waals surface area contributed by atoms with Crippen LogP contribution in [0.5, 0.6) is 17.2 Å². The number of carbonyl (C=O) groups is 2. The highest BCUT2D eigenvalue weighted by Crippen LogP contribution is 2.30. The zero-order chi connectivity index (χ0) is 24.7. The van der Waals surface area contributed by atoms with E-state index >= 15 is 0 Å². The van der Waals surface area contributed by atoms with Gasteiger partial charge in [-0.05, 0) is 53.6 Å². The molecule has 0 aliphatic rings. The van der Waals surface area contributed by atoms with E-state index in [9.17, 15) is 27.9 Å². The van der Waals surface area contributed by atoms with Gasteiger partial charge in [-0.3, -0.25) is 9.59 Å². The molecule has 2 N–H and O–H groups in total. The number of aromatic hydroxyl groups is 1. The maximum Gasteiger partial charge on any atom is 0.573 e. The third kappa shape index (κ3) is 7.13. The quantitative estimate of drug-likeness (QED) is 0.324. The van der Waals surface area contributed by atoms with E-state index in [4.69, 9.17) is 4.74 Å². The molecule has 0 saturated heterocycles. The average Bonchev–Trinajstić information content (AvgIpc) is 2.76. The average molecular weight is 471 g/mol. The van der Waals surface area contributed by atoms with Gasteiger partial charge < -0.3 is 19.9 Å². The van der Waals surface area contributed by atoms with Gasteiger partial charge in [0.1, 0.15) is 29.4 Å². The SMILES string of the molecule is CC(=O)Nc1ccc(/C=C/C(=O)c2c(O)cccc2OCc2ccc(OC(F)(F)F)cc2)cc1. The molecular weight excluding hydrogens is 451 g/mol. The Morgan fingerprint density at radius 1 is 1.00 bits per heavy atom. The molecule has 0 spiro atoms. The van der Waals surface area contributed by atoms with Crippen molar-refractivity contribution in [3.8, 4) is 17.2 Å². The van der Waals surface area contributed by atoms with Gasteiger partial charge in [-0.1, -0.05) is 36.4 Å². The molecule has 0 atom stereocenters. The Balaban J connectivity index is 1.69. The van der Waals surface area contributed by atoms with Crippen molar-refractivity contribution in [2.45, 2.75) is 19.9 Å². The lowest BCUT2D eigenvalue weighted by Crippen LogP contribution is -2.17. The minimum absolute atomic E-state index is 0.0503. The van der Waals surface area contributed by atoms with Crippen molar-refractivity contribution in [3.05, 3.63) is 89.5 Å². The first kappa shape index (κ1) is 24.4. The van der Waals surface area contributed by atoms with Crippen molar-refractivity contribution >= 4 is 23.5 Å². The zero-order valence-corrected chi connectivity index (χ0v) is 17.9. The van der Waals surface area contributed by atoms with E-state index in [0.717, 1.165) is 12.1 Å². The van der Waals surface area contributed by atoms with Crippen LogP contribution >= 0.6 is 0 Å². The second-order valence-corrected chi connectivity index (χ2v) is 7.13. The second kappa shape index (κ2) is 10.6. The highest BCUT2D eigenvalue weighted by atomic mass is 19.4. The summed E-state index contributed by atoms with van der Waals surface area (Å²) in [6.07, 6.45) is -1.95. The normalized spacial score (nSPS) is 11.3. The number of hydrogen-bond acceptors (Lipinski definition) is 5. The van der Waals surface area contributed by atoms with Crippen molar-refractivity contribution in [2.24, 2.45) is 0 Å². The molecule has 0 radical (unpaired) electrons. The number of phenolic OH excluding ortho intramolecular Hbond substituents is 1. The van der Waals surface area contributed by atoms with Crippen LogP contribution in [0.4, 0.5) is 18.9 Å². The van der Waals surface area contributed by atoms with E-state index in [0.29, 0.717) is 16.8 Å². The summed E-state index contributed by atoms with van der Waals surface area (Å²) in [5, 5.41) is 12.9. The molecule has 3 aromatic rings. The molecule has 34 heavy (non-hydrogen) atoms. The first-order valence-corrected chi connectivity index (χ1v) is 10.0. The largest absolute Gasteiger partial charge is 0.573 e. The van der Waals surface area contributed by atoms with Gasteiger partial charge in [0.05, 0.1) is 0 Å². The van der Waals surface area contributed by atoms with Gasteiger partial charge in [-0.2, -0.15) is 0 Å². The van der Waals surface area contributed by atoms with E-state index in [1.165, 1.54) is 43.3 Å². The lowest BCUT2D eigenvalue weighted by Gasteiger charge is -2.12. The highest BCUT2D eigenvalue weighted by Gasteiger charge is 2.30. The molecule has 6 nitrogen and oxygen atoms in total. The maximum atomic E-state index is 12.8. The Morgan fingerprint density at radius 2 is 1.68 bits per heavy atom. The summed E-state index contributed by atoms with van der Waals surface area (Å²) in [6.45, 7) is 1.35. The van der Waals surface area contributed by atoms with Crippen molar-refractivity contribution < 1.29 is 37.3 Å². The van der Waals surface area contributed by atoms with Crippen LogP contribution in [0.25, 0.3) is 6.08 Å². The van der Waals surface area contributed by atoms with Crippen LogP contribution in [0.1, 0.15) is 28.4 Å². The van der Waals surface area contributed by atoms with E-state index < -0.39 is 12.1 Å². The summed E-state index contributed by atoms with van der Waals surface area (Å²) in [6, 6.07) is 16.3. The predicted molar refractivity (Wildman–Crippen MR) is 120 cm³/mol. The van der Waals surface area contributed by atoms with Crippen molar-refractivity contribution in [2.75, 3.05) is 5.32 Å². The first-order valence-electron chi connectivity index (χ1n) is 10.0. The molecule has 0 aliphatic carbocycles. The number of phenols is 1. The summed E-state index contributed by atoms with van der Waals surface area (Å²) in [5.41, 5.74) is 1.79. The lowest BCUT2D eigenvalue weighted by atomic mass is 10.1. The van der Waals surface area contributed by atoms with Crippen LogP contribution in [0, 0.1) is 0 Å². The number of amides is 1. The predicted octanol–water partition coefficient (Wildman–Crippen LogP) is 5.72. The number of rotatable bonds is 8. The van der Waals surface area contributed by atoms with Crippen LogP contribution in [0.15, 0.2) is 72.8 Å². The van der Waals surface area contributed by atoms with Crippen LogP contribution in [0.2, 0.25) is 0 Å². The smallest absolute Gasteiger partial charge is 0.507 e. The Kier molecular flexibility index (Phi) is 7.57. The van der Waals surface area contributed by atoms with E-state index in [1.807, 2.05) is 0 Å². The van der Waals surface area contributed by atoms with Crippen LogP contribution in [-0.4, -0.2) is 23.2 Å². The topological polar surface area (TPSA) is 84.9 Å². The summed E-state index contributed by atoms with van der Waals surface area (Å²) in [5.74, 6) is -1.22. The lowest BCUT2D eigenvalue weighted by molar-refractivity contribution is -0.274. The fraction of sp³-hybridized carbons (Fsp3) is 0.120. The molecule has 176 valence electrons. The Hall–Kier alpha value is -4.27. The van der Waals surface area contributed by atoms with Gasteiger partial charge in [-0.15, -0.1) is 13.2 Å². The number of halogens is 3. The molecule has 0 aliphatic heterocycles. The molecule has 0 aromatic heterocycles. The third-order valence-electron chi connectivity index (χ3n) is 4.46. The van der Waals surface area contributed by atoms with E-state index in [1.54, 1.807) is 30.3 Å². The molecule has 1 amide bonds. The number of benzene rings is 3. The molecule has 0 saturated carbocycles. The van der Waals surface area contributed by atoms with Crippen LogP contribution in [-0.2, 0) is 11.4 Å². The molecule has 9 heteroatoms. The number of hydrogen-bond donors (Lipinski definition) is 2. The van der Waals surface area contributed by atoms with Gasteiger partial charge >= 0.3 is 6.36 Å². The van der Waals surface area contributed by atoms with E-state index in [-0.39, 0.29) is 35.3 Å². The molecule has 0 fully saturated rings. The second-order valence-electron chi connectivity index (χ2n) is 7.13. The number of alkyl halides is 3. The summed E-state index contributed by atoms with van der Waals surface area (Å²) in [4.78, 5) is 23.8. The van der Waals surface area contributed by atoms with Crippen LogP contribution in [0.3, 0.4) is 0 Å². The molecule has 0 unspecified atom stereocenters. The maximum absolute atomic E-state index is 12.8. The third-order valence-corrected chi connectivity index (χ3v) is 4.46. The van der Waals surface area contributed by atoms with Gasteiger partial charge in [0, 0.05) is 12.6 Å². The Bertz CT molecular complexity index is 1190. The van der Waals surface area contributed by atoms with Crippen molar-refractivity contribution in [3.63, 3.8) is 0 Å². The summed E-state index contributed by atoms with van der Waals surface area (Å²) < 4.78 is 46.3. The zero-order valence-electron chi connectivity index (χ0n) is 17.9. The minimum Gasteiger partial charge on any atom is -0.507 e. The Labute approximate surface area is 193 Å². The number of allylic oxidation sites excluding steroid dienone is 1. The number of carbonyl (C=O) groups excluding carboxylic acids is 2. The van der Waals surface area contributed by atoms with Gasteiger partial charge in [0.25, 0.3) is 0 Å². The monoisotopic (exact) mass is 471 g/mol. The van der Waals surface area contributed by atoms with Gasteiger partial charge in [0.15, 0.2) is 5.78 Å². The Morgan fingerprint density at radius 3 is 2.29 bits per heavy atom. The molecule has 3 aromatic carbocycles. The van der Waals surface area contributed by atoms with Crippen molar-refractivity contribution in [1.29, 1.82) is 0 Å². The first-order chi connectivity index (χ1) is 16.1. The molecule has 0 heterocycles. The minimum atomic E-state index is -4.78. The fourth-order valence-corrected chi connectivity index (χ4v) is 2.97. The summed E-state index contributed by atoms with van der Waals surface area (Å²) >= 11 is 0. The van der Waals surface area contributed by atoms with E-state index in [2.05, 4.69) is 10.1 Å². The molecule has 0 bridgehead atoms. The summed E-state index contributed by atoms with van der Waals surface area (Å²) in [7, 11) is 0.